The van der Waals surface area contributed by atoms with Gasteiger partial charge in [-0.05, 0) is 25.4 Å². The number of thioether (sulfide) groups is 1. The van der Waals surface area contributed by atoms with Gasteiger partial charge in [0, 0.05) is 12.1 Å². The molecular formula is C10H17N3O4S2. The summed E-state index contributed by atoms with van der Waals surface area (Å²) in [4.78, 5) is 11.2. The van der Waals surface area contributed by atoms with Crippen molar-refractivity contribution in [2.75, 3.05) is 19.1 Å². The molecule has 1 aromatic heterocycles. The van der Waals surface area contributed by atoms with Crippen molar-refractivity contribution >= 4 is 27.8 Å². The zero-order valence-corrected chi connectivity index (χ0v) is 12.6. The second-order valence-corrected chi connectivity index (χ2v) is 6.58. The van der Waals surface area contributed by atoms with E-state index in [1.54, 1.807) is 18.7 Å². The molecule has 0 aliphatic heterocycles. The first-order valence-electron chi connectivity index (χ1n) is 5.55. The maximum Gasteiger partial charge on any atom is 0.358 e. The number of hydrogen-bond donors (Lipinski definition) is 2. The lowest BCUT2D eigenvalue weighted by atomic mass is 10.3. The van der Waals surface area contributed by atoms with Crippen molar-refractivity contribution in [3.63, 3.8) is 0 Å². The molecule has 7 nitrogen and oxygen atoms in total. The van der Waals surface area contributed by atoms with Crippen LogP contribution in [0.25, 0.3) is 0 Å². The molecule has 0 amide bonds. The van der Waals surface area contributed by atoms with Crippen molar-refractivity contribution in [1.82, 2.24) is 14.9 Å². The molecule has 1 heterocycles. The summed E-state index contributed by atoms with van der Waals surface area (Å²) in [5, 5.41) is 5.77. The third-order valence-corrected chi connectivity index (χ3v) is 4.49. The van der Waals surface area contributed by atoms with Crippen molar-refractivity contribution in [2.24, 2.45) is 0 Å². The third kappa shape index (κ3) is 4.51. The fourth-order valence-corrected chi connectivity index (χ4v) is 3.13. The van der Waals surface area contributed by atoms with E-state index in [0.717, 1.165) is 18.2 Å². The first kappa shape index (κ1) is 16.0. The van der Waals surface area contributed by atoms with Crippen LogP contribution >= 0.6 is 11.8 Å². The number of nitrogens with one attached hydrogen (secondary N) is 2. The van der Waals surface area contributed by atoms with Crippen LogP contribution in [0.3, 0.4) is 0 Å². The van der Waals surface area contributed by atoms with Gasteiger partial charge in [0.15, 0.2) is 10.7 Å². The summed E-state index contributed by atoms with van der Waals surface area (Å²) in [7, 11) is -2.49. The van der Waals surface area contributed by atoms with E-state index in [9.17, 15) is 13.2 Å². The quantitative estimate of drug-likeness (QED) is 0.716. The van der Waals surface area contributed by atoms with Crippen LogP contribution in [0.5, 0.6) is 0 Å². The molecule has 1 atom stereocenters. The minimum absolute atomic E-state index is 0.0698. The number of ether oxygens (including phenoxy) is 1. The van der Waals surface area contributed by atoms with Crippen molar-refractivity contribution in [1.29, 1.82) is 0 Å². The van der Waals surface area contributed by atoms with Gasteiger partial charge in [-0.3, -0.25) is 5.10 Å². The molecule has 0 radical (unpaired) electrons. The molecule has 0 fully saturated rings. The van der Waals surface area contributed by atoms with Gasteiger partial charge in [0.2, 0.25) is 0 Å². The maximum absolute atomic E-state index is 12.0. The number of esters is 1. The topological polar surface area (TPSA) is 101 Å². The van der Waals surface area contributed by atoms with Crippen LogP contribution in [0.2, 0.25) is 0 Å². The predicted octanol–water partition coefficient (Wildman–Crippen LogP) is 0.616. The number of carbonyl (C=O) groups excluding carboxylic acids is 1. The van der Waals surface area contributed by atoms with Crippen LogP contribution in [0.1, 0.15) is 23.8 Å². The molecule has 19 heavy (non-hydrogen) atoms. The zero-order chi connectivity index (χ0) is 14.5. The highest BCUT2D eigenvalue weighted by atomic mass is 32.2. The lowest BCUT2D eigenvalue weighted by molar-refractivity contribution is 0.0594. The maximum atomic E-state index is 12.0. The number of methoxy groups -OCH3 is 1. The molecule has 0 saturated heterocycles. The van der Waals surface area contributed by atoms with E-state index >= 15 is 0 Å². The fraction of sp³-hybridized carbons (Fsp3) is 0.600. The second-order valence-electron chi connectivity index (χ2n) is 3.91. The van der Waals surface area contributed by atoms with Crippen LogP contribution in [0.4, 0.5) is 0 Å². The van der Waals surface area contributed by atoms with Crippen molar-refractivity contribution in [3.8, 4) is 0 Å². The number of rotatable bonds is 7. The van der Waals surface area contributed by atoms with E-state index in [-0.39, 0.29) is 16.8 Å². The molecule has 0 aliphatic carbocycles. The monoisotopic (exact) mass is 307 g/mol. The van der Waals surface area contributed by atoms with Gasteiger partial charge < -0.3 is 4.74 Å². The number of H-pyrrole nitrogens is 1. The average molecular weight is 307 g/mol. The van der Waals surface area contributed by atoms with Gasteiger partial charge in [-0.2, -0.15) is 16.9 Å². The molecule has 1 aromatic rings. The standard InChI is InChI=1S/C10H17N3O4S2/c1-7(4-5-18-3)13-19(15,16)9-6-8(11-12-9)10(14)17-2/h6-7,13H,4-5H2,1-3H3,(H,11,12). The highest BCUT2D eigenvalue weighted by Crippen LogP contribution is 2.10. The van der Waals surface area contributed by atoms with Crippen LogP contribution in [0.15, 0.2) is 11.1 Å². The minimum Gasteiger partial charge on any atom is -0.464 e. The summed E-state index contributed by atoms with van der Waals surface area (Å²) in [6.45, 7) is 1.78. The highest BCUT2D eigenvalue weighted by molar-refractivity contribution is 7.98. The van der Waals surface area contributed by atoms with Crippen LogP contribution in [-0.4, -0.2) is 49.7 Å². The average Bonchev–Trinajstić information content (AvgIpc) is 2.85. The van der Waals surface area contributed by atoms with Gasteiger partial charge >= 0.3 is 5.97 Å². The summed E-state index contributed by atoms with van der Waals surface area (Å²) in [5.41, 5.74) is -0.0698. The van der Waals surface area contributed by atoms with Gasteiger partial charge in [0.05, 0.1) is 7.11 Å². The minimum atomic E-state index is -3.70. The first-order valence-corrected chi connectivity index (χ1v) is 8.43. The number of carbonyl (C=O) groups is 1. The lowest BCUT2D eigenvalue weighted by Gasteiger charge is -2.12. The van der Waals surface area contributed by atoms with Crippen LogP contribution in [0, 0.1) is 0 Å². The Morgan fingerprint density at radius 1 is 1.63 bits per heavy atom. The molecular weight excluding hydrogens is 290 g/mol. The lowest BCUT2D eigenvalue weighted by Crippen LogP contribution is -2.33. The highest BCUT2D eigenvalue weighted by Gasteiger charge is 2.22. The summed E-state index contributed by atoms with van der Waals surface area (Å²) >= 11 is 1.65. The fourth-order valence-electron chi connectivity index (χ4n) is 1.33. The van der Waals surface area contributed by atoms with E-state index in [2.05, 4.69) is 19.7 Å². The number of aromatic nitrogens is 2. The molecule has 0 saturated carbocycles. The number of nitrogens with zero attached hydrogens (tertiary/aromatic N) is 1. The SMILES string of the molecule is COC(=O)c1cc(S(=O)(=O)NC(C)CCSC)[nH]n1. The van der Waals surface area contributed by atoms with Crippen molar-refractivity contribution in [2.45, 2.75) is 24.4 Å². The van der Waals surface area contributed by atoms with Crippen LogP contribution < -0.4 is 4.72 Å². The molecule has 0 bridgehead atoms. The summed E-state index contributed by atoms with van der Waals surface area (Å²) < 4.78 is 30.9. The Bertz CT molecular complexity index is 527. The third-order valence-electron chi connectivity index (χ3n) is 2.35. The Labute approximate surface area is 116 Å². The molecule has 2 N–H and O–H groups in total. The van der Waals surface area contributed by atoms with Gasteiger partial charge in [-0.1, -0.05) is 0 Å². The van der Waals surface area contributed by atoms with Gasteiger partial charge in [-0.25, -0.2) is 17.9 Å². The molecule has 0 aliphatic rings. The zero-order valence-electron chi connectivity index (χ0n) is 11.0. The Balaban J connectivity index is 2.77. The Morgan fingerprint density at radius 3 is 2.89 bits per heavy atom. The summed E-state index contributed by atoms with van der Waals surface area (Å²) in [5.74, 6) is 0.174. The Morgan fingerprint density at radius 2 is 2.32 bits per heavy atom. The second kappa shape index (κ2) is 6.92. The first-order chi connectivity index (χ1) is 8.90. The number of sulfonamides is 1. The van der Waals surface area contributed by atoms with E-state index in [1.165, 1.54) is 7.11 Å². The largest absolute Gasteiger partial charge is 0.464 e. The molecule has 0 aromatic carbocycles. The molecule has 108 valence electrons. The smallest absolute Gasteiger partial charge is 0.358 e. The molecule has 1 unspecified atom stereocenters. The van der Waals surface area contributed by atoms with Gasteiger partial charge in [0.25, 0.3) is 10.0 Å². The predicted molar refractivity (Wildman–Crippen MR) is 72.7 cm³/mol. The Hall–Kier alpha value is -1.06. The molecule has 0 spiro atoms. The normalized spacial score (nSPS) is 13.2. The Kier molecular flexibility index (Phi) is 5.83. The summed E-state index contributed by atoms with van der Waals surface area (Å²) in [6, 6.07) is 0.956. The van der Waals surface area contributed by atoms with E-state index in [0.29, 0.717) is 0 Å². The van der Waals surface area contributed by atoms with Gasteiger partial charge in [-0.15, -0.1) is 0 Å². The summed E-state index contributed by atoms with van der Waals surface area (Å²) in [6.07, 6.45) is 2.68. The number of hydrogen-bond acceptors (Lipinski definition) is 6. The van der Waals surface area contributed by atoms with E-state index in [1.807, 2.05) is 6.26 Å². The number of aromatic amines is 1. The molecule has 1 rings (SSSR count). The van der Waals surface area contributed by atoms with Gasteiger partial charge in [0.1, 0.15) is 0 Å². The van der Waals surface area contributed by atoms with E-state index in [4.69, 9.17) is 0 Å². The van der Waals surface area contributed by atoms with Crippen molar-refractivity contribution in [3.05, 3.63) is 11.8 Å². The van der Waals surface area contributed by atoms with E-state index < -0.39 is 16.0 Å². The van der Waals surface area contributed by atoms with Crippen molar-refractivity contribution < 1.29 is 17.9 Å². The molecule has 9 heteroatoms. The van der Waals surface area contributed by atoms with Crippen LogP contribution in [-0.2, 0) is 14.8 Å².